The van der Waals surface area contributed by atoms with Crippen LogP contribution in [0.5, 0.6) is 5.75 Å². The maximum atomic E-state index is 12.5. The van der Waals surface area contributed by atoms with Crippen molar-refractivity contribution in [3.8, 4) is 5.75 Å². The average molecular weight is 402 g/mol. The van der Waals surface area contributed by atoms with E-state index in [1.54, 1.807) is 18.2 Å². The van der Waals surface area contributed by atoms with Gasteiger partial charge < -0.3 is 4.74 Å². The third-order valence-electron chi connectivity index (χ3n) is 3.72. The number of hydrogen-bond donors (Lipinski definition) is 0. The standard InChI is InChI=1S/C19H20BrN3O2/c20-18-8-4-3-7-17(18)19(24)15-9-11-16(12-10-15)25-14-6-2-1-5-13-22-23-21/h3-4,7-12H,1-2,5-6,13-14H2. The predicted octanol–water partition coefficient (Wildman–Crippen LogP) is 5.93. The molecule has 0 N–H and O–H groups in total. The highest BCUT2D eigenvalue weighted by atomic mass is 79.9. The fourth-order valence-electron chi connectivity index (χ4n) is 2.38. The molecule has 2 aromatic rings. The number of ketones is 1. The molecule has 0 heterocycles. The molecule has 0 aliphatic rings. The van der Waals surface area contributed by atoms with Gasteiger partial charge >= 0.3 is 0 Å². The molecule has 0 spiro atoms. The molecule has 0 aromatic heterocycles. The van der Waals surface area contributed by atoms with Gasteiger partial charge in [0.25, 0.3) is 0 Å². The summed E-state index contributed by atoms with van der Waals surface area (Å²) in [6, 6.07) is 14.6. The molecule has 25 heavy (non-hydrogen) atoms. The molecule has 0 amide bonds. The normalized spacial score (nSPS) is 10.1. The number of nitrogens with zero attached hydrogens (tertiary/aromatic N) is 3. The Morgan fingerprint density at radius 2 is 1.76 bits per heavy atom. The maximum absolute atomic E-state index is 12.5. The fourth-order valence-corrected chi connectivity index (χ4v) is 2.84. The van der Waals surface area contributed by atoms with E-state index in [9.17, 15) is 4.79 Å². The molecule has 0 atom stereocenters. The van der Waals surface area contributed by atoms with E-state index in [2.05, 4.69) is 26.0 Å². The van der Waals surface area contributed by atoms with Crippen LogP contribution in [0.15, 0.2) is 58.1 Å². The number of benzene rings is 2. The molecule has 0 bridgehead atoms. The minimum atomic E-state index is -0.0148. The Bertz CT molecular complexity index is 741. The summed E-state index contributed by atoms with van der Waals surface area (Å²) in [4.78, 5) is 15.2. The number of unbranched alkanes of at least 4 members (excludes halogenated alkanes) is 3. The van der Waals surface area contributed by atoms with Crippen LogP contribution in [-0.2, 0) is 0 Å². The highest BCUT2D eigenvalue weighted by Gasteiger charge is 2.11. The molecule has 0 saturated carbocycles. The van der Waals surface area contributed by atoms with Crippen LogP contribution in [0.2, 0.25) is 0 Å². The summed E-state index contributed by atoms with van der Waals surface area (Å²) in [7, 11) is 0. The zero-order valence-electron chi connectivity index (χ0n) is 13.9. The van der Waals surface area contributed by atoms with E-state index in [1.807, 2.05) is 30.3 Å². The van der Waals surface area contributed by atoms with E-state index in [-0.39, 0.29) is 5.78 Å². The molecule has 0 unspecified atom stereocenters. The minimum absolute atomic E-state index is 0.0148. The van der Waals surface area contributed by atoms with Crippen LogP contribution in [-0.4, -0.2) is 18.9 Å². The first kappa shape index (κ1) is 19.0. The van der Waals surface area contributed by atoms with Gasteiger partial charge in [-0.25, -0.2) is 0 Å². The van der Waals surface area contributed by atoms with Crippen LogP contribution in [0.4, 0.5) is 0 Å². The van der Waals surface area contributed by atoms with Crippen molar-refractivity contribution < 1.29 is 9.53 Å². The van der Waals surface area contributed by atoms with E-state index < -0.39 is 0 Å². The lowest BCUT2D eigenvalue weighted by Gasteiger charge is -2.08. The van der Waals surface area contributed by atoms with Crippen LogP contribution < -0.4 is 4.74 Å². The summed E-state index contributed by atoms with van der Waals surface area (Å²) >= 11 is 3.41. The van der Waals surface area contributed by atoms with E-state index in [0.717, 1.165) is 35.9 Å². The summed E-state index contributed by atoms with van der Waals surface area (Å²) in [5.74, 6) is 0.747. The lowest BCUT2D eigenvalue weighted by atomic mass is 10.0. The summed E-state index contributed by atoms with van der Waals surface area (Å²) < 4.78 is 6.49. The molecule has 2 rings (SSSR count). The molecule has 0 aliphatic carbocycles. The molecule has 0 fully saturated rings. The summed E-state index contributed by atoms with van der Waals surface area (Å²) in [6.45, 7) is 1.20. The van der Waals surface area contributed by atoms with Gasteiger partial charge in [0.05, 0.1) is 6.61 Å². The van der Waals surface area contributed by atoms with Crippen LogP contribution in [0.3, 0.4) is 0 Å². The predicted molar refractivity (Wildman–Crippen MR) is 102 cm³/mol. The first-order chi connectivity index (χ1) is 12.2. The Morgan fingerprint density at radius 1 is 1.04 bits per heavy atom. The van der Waals surface area contributed by atoms with Gasteiger partial charge in [-0.05, 0) is 54.8 Å². The Kier molecular flexibility index (Phi) is 8.02. The average Bonchev–Trinajstić information content (AvgIpc) is 2.64. The van der Waals surface area contributed by atoms with Crippen molar-refractivity contribution in [1.29, 1.82) is 0 Å². The van der Waals surface area contributed by atoms with Crippen molar-refractivity contribution >= 4 is 21.7 Å². The second-order valence-electron chi connectivity index (χ2n) is 5.55. The minimum Gasteiger partial charge on any atom is -0.494 e. The van der Waals surface area contributed by atoms with Crippen LogP contribution in [0.25, 0.3) is 10.4 Å². The quantitative estimate of drug-likeness (QED) is 0.162. The van der Waals surface area contributed by atoms with Gasteiger partial charge in [0, 0.05) is 27.1 Å². The molecule has 130 valence electrons. The molecule has 6 heteroatoms. The van der Waals surface area contributed by atoms with Gasteiger partial charge in [0.1, 0.15) is 5.75 Å². The molecular weight excluding hydrogens is 382 g/mol. The molecule has 2 aromatic carbocycles. The number of carbonyl (C=O) groups excluding carboxylic acids is 1. The van der Waals surface area contributed by atoms with Crippen LogP contribution in [0, 0.1) is 0 Å². The molecular formula is C19H20BrN3O2. The lowest BCUT2D eigenvalue weighted by Crippen LogP contribution is -2.03. The van der Waals surface area contributed by atoms with Gasteiger partial charge in [-0.3, -0.25) is 4.79 Å². The Morgan fingerprint density at radius 3 is 2.48 bits per heavy atom. The number of rotatable bonds is 10. The Labute approximate surface area is 155 Å². The summed E-state index contributed by atoms with van der Waals surface area (Å²) in [6.07, 6.45) is 3.94. The van der Waals surface area contributed by atoms with E-state index in [0.29, 0.717) is 24.3 Å². The van der Waals surface area contributed by atoms with Crippen molar-refractivity contribution in [2.75, 3.05) is 13.2 Å². The number of carbonyl (C=O) groups is 1. The largest absolute Gasteiger partial charge is 0.494 e. The Hall–Kier alpha value is -2.30. The molecule has 5 nitrogen and oxygen atoms in total. The second-order valence-corrected chi connectivity index (χ2v) is 6.40. The topological polar surface area (TPSA) is 75.1 Å². The number of hydrogen-bond acceptors (Lipinski definition) is 3. The third kappa shape index (κ3) is 6.25. The SMILES string of the molecule is [N-]=[N+]=NCCCCCCOc1ccc(C(=O)c2ccccc2Br)cc1. The Balaban J connectivity index is 1.77. The van der Waals surface area contributed by atoms with Crippen molar-refractivity contribution in [3.63, 3.8) is 0 Å². The summed E-state index contributed by atoms with van der Waals surface area (Å²) in [5, 5.41) is 3.51. The van der Waals surface area contributed by atoms with Crippen LogP contribution >= 0.6 is 15.9 Å². The van der Waals surface area contributed by atoms with Gasteiger partial charge in [-0.1, -0.05) is 46.0 Å². The number of halogens is 1. The molecule has 0 aliphatic heterocycles. The lowest BCUT2D eigenvalue weighted by molar-refractivity contribution is 0.103. The van der Waals surface area contributed by atoms with E-state index in [4.69, 9.17) is 10.3 Å². The zero-order valence-corrected chi connectivity index (χ0v) is 15.5. The van der Waals surface area contributed by atoms with E-state index >= 15 is 0 Å². The van der Waals surface area contributed by atoms with Crippen molar-refractivity contribution in [3.05, 3.63) is 74.6 Å². The summed E-state index contributed by atoms with van der Waals surface area (Å²) in [5.41, 5.74) is 9.47. The highest BCUT2D eigenvalue weighted by Crippen LogP contribution is 2.21. The van der Waals surface area contributed by atoms with Gasteiger partial charge in [-0.2, -0.15) is 0 Å². The monoisotopic (exact) mass is 401 g/mol. The van der Waals surface area contributed by atoms with Gasteiger partial charge in [0.15, 0.2) is 5.78 Å². The van der Waals surface area contributed by atoms with Crippen molar-refractivity contribution in [1.82, 2.24) is 0 Å². The van der Waals surface area contributed by atoms with Crippen molar-refractivity contribution in [2.45, 2.75) is 25.7 Å². The third-order valence-corrected chi connectivity index (χ3v) is 4.41. The molecule has 0 saturated heterocycles. The number of azide groups is 1. The van der Waals surface area contributed by atoms with Crippen molar-refractivity contribution in [2.24, 2.45) is 5.11 Å². The first-order valence-electron chi connectivity index (χ1n) is 8.25. The molecule has 0 radical (unpaired) electrons. The first-order valence-corrected chi connectivity index (χ1v) is 9.04. The number of ether oxygens (including phenoxy) is 1. The highest BCUT2D eigenvalue weighted by molar-refractivity contribution is 9.10. The van der Waals surface area contributed by atoms with E-state index in [1.165, 1.54) is 0 Å². The zero-order chi connectivity index (χ0) is 17.9. The maximum Gasteiger partial charge on any atom is 0.194 e. The van der Waals surface area contributed by atoms with Crippen LogP contribution in [0.1, 0.15) is 41.6 Å². The second kappa shape index (κ2) is 10.5. The van der Waals surface area contributed by atoms with Gasteiger partial charge in [-0.15, -0.1) is 0 Å². The van der Waals surface area contributed by atoms with Gasteiger partial charge in [0.2, 0.25) is 0 Å². The fraction of sp³-hybridized carbons (Fsp3) is 0.316. The smallest absolute Gasteiger partial charge is 0.194 e.